The summed E-state index contributed by atoms with van der Waals surface area (Å²) < 4.78 is 6.83. The molecule has 0 saturated heterocycles. The normalized spacial score (nSPS) is 10.7. The minimum absolute atomic E-state index is 0.715. The maximum Gasteiger partial charge on any atom is 0.182 e. The van der Waals surface area contributed by atoms with E-state index in [9.17, 15) is 0 Å². The van der Waals surface area contributed by atoms with Crippen LogP contribution in [0.15, 0.2) is 24.3 Å². The lowest BCUT2D eigenvalue weighted by Crippen LogP contribution is -2.05. The molecule has 1 aromatic heterocycles. The van der Waals surface area contributed by atoms with Gasteiger partial charge in [0.15, 0.2) is 5.82 Å². The van der Waals surface area contributed by atoms with Gasteiger partial charge < -0.3 is 4.74 Å². The Balaban J connectivity index is 2.15. The number of aromatic nitrogens is 4. The second-order valence-electron chi connectivity index (χ2n) is 3.94. The standard InChI is InChI=1S/C12H16N4O/c1-10-4-6-11(7-5-10)12-13-14-15-16(12)8-3-9-17-2/h4-7H,3,8-9H2,1-2H3. The predicted octanol–water partition coefficient (Wildman–Crippen LogP) is 1.69. The molecule has 2 rings (SSSR count). The second kappa shape index (κ2) is 5.54. The zero-order valence-electron chi connectivity index (χ0n) is 10.1. The molecule has 0 spiro atoms. The highest BCUT2D eigenvalue weighted by Crippen LogP contribution is 2.16. The van der Waals surface area contributed by atoms with E-state index in [1.165, 1.54) is 5.56 Å². The zero-order valence-corrected chi connectivity index (χ0v) is 10.1. The molecule has 0 atom stereocenters. The van der Waals surface area contributed by atoms with Gasteiger partial charge in [0.2, 0.25) is 0 Å². The van der Waals surface area contributed by atoms with Crippen LogP contribution in [0.4, 0.5) is 0 Å². The molecule has 0 fully saturated rings. The summed E-state index contributed by atoms with van der Waals surface area (Å²) in [5.41, 5.74) is 2.27. The summed E-state index contributed by atoms with van der Waals surface area (Å²) in [7, 11) is 1.69. The van der Waals surface area contributed by atoms with Crippen LogP contribution in [-0.2, 0) is 11.3 Å². The highest BCUT2D eigenvalue weighted by molar-refractivity contribution is 5.54. The molecular formula is C12H16N4O. The van der Waals surface area contributed by atoms with Gasteiger partial charge in [-0.15, -0.1) is 5.10 Å². The summed E-state index contributed by atoms with van der Waals surface area (Å²) in [6.07, 6.45) is 0.903. The topological polar surface area (TPSA) is 52.8 Å². The lowest BCUT2D eigenvalue weighted by atomic mass is 10.1. The SMILES string of the molecule is COCCCn1nnnc1-c1ccc(C)cc1. The third-order valence-corrected chi connectivity index (χ3v) is 2.56. The number of methoxy groups -OCH3 is 1. The first kappa shape index (κ1) is 11.7. The fraction of sp³-hybridized carbons (Fsp3) is 0.417. The Bertz CT molecular complexity index is 464. The Morgan fingerprint density at radius 3 is 2.71 bits per heavy atom. The molecule has 0 N–H and O–H groups in total. The van der Waals surface area contributed by atoms with E-state index in [1.54, 1.807) is 7.11 Å². The van der Waals surface area contributed by atoms with Crippen LogP contribution in [-0.4, -0.2) is 33.9 Å². The van der Waals surface area contributed by atoms with Crippen LogP contribution in [0.2, 0.25) is 0 Å². The maximum atomic E-state index is 5.02. The molecule has 90 valence electrons. The van der Waals surface area contributed by atoms with Crippen molar-refractivity contribution in [1.82, 2.24) is 20.2 Å². The second-order valence-corrected chi connectivity index (χ2v) is 3.94. The van der Waals surface area contributed by atoms with Gasteiger partial charge in [0.1, 0.15) is 0 Å². The van der Waals surface area contributed by atoms with Crippen molar-refractivity contribution >= 4 is 0 Å². The van der Waals surface area contributed by atoms with Crippen molar-refractivity contribution in [1.29, 1.82) is 0 Å². The Hall–Kier alpha value is -1.75. The molecule has 1 heterocycles. The Kier molecular flexibility index (Phi) is 3.82. The Morgan fingerprint density at radius 2 is 2.00 bits per heavy atom. The van der Waals surface area contributed by atoms with Crippen LogP contribution in [0.1, 0.15) is 12.0 Å². The van der Waals surface area contributed by atoms with Crippen LogP contribution >= 0.6 is 0 Å². The van der Waals surface area contributed by atoms with Crippen LogP contribution < -0.4 is 0 Å². The van der Waals surface area contributed by atoms with Crippen molar-refractivity contribution in [2.75, 3.05) is 13.7 Å². The number of rotatable bonds is 5. The number of nitrogens with zero attached hydrogens (tertiary/aromatic N) is 4. The summed E-state index contributed by atoms with van der Waals surface area (Å²) in [6, 6.07) is 8.19. The monoisotopic (exact) mass is 232 g/mol. The largest absolute Gasteiger partial charge is 0.385 e. The van der Waals surface area contributed by atoms with Crippen molar-refractivity contribution in [3.8, 4) is 11.4 Å². The van der Waals surface area contributed by atoms with E-state index in [0.29, 0.717) is 6.61 Å². The lowest BCUT2D eigenvalue weighted by Gasteiger charge is -2.04. The van der Waals surface area contributed by atoms with E-state index < -0.39 is 0 Å². The molecule has 5 heteroatoms. The molecule has 0 saturated carbocycles. The number of hydrogen-bond acceptors (Lipinski definition) is 4. The van der Waals surface area contributed by atoms with Crippen molar-refractivity contribution in [3.63, 3.8) is 0 Å². The molecular weight excluding hydrogens is 216 g/mol. The van der Waals surface area contributed by atoms with Gasteiger partial charge in [0.25, 0.3) is 0 Å². The molecule has 5 nitrogen and oxygen atoms in total. The fourth-order valence-corrected chi connectivity index (χ4v) is 1.62. The van der Waals surface area contributed by atoms with Gasteiger partial charge in [-0.1, -0.05) is 29.8 Å². The molecule has 0 amide bonds. The summed E-state index contributed by atoms with van der Waals surface area (Å²) >= 11 is 0. The number of hydrogen-bond donors (Lipinski definition) is 0. The molecule has 17 heavy (non-hydrogen) atoms. The predicted molar refractivity (Wildman–Crippen MR) is 64.5 cm³/mol. The number of benzene rings is 1. The van der Waals surface area contributed by atoms with E-state index in [1.807, 2.05) is 16.8 Å². The van der Waals surface area contributed by atoms with Gasteiger partial charge in [0, 0.05) is 25.8 Å². The van der Waals surface area contributed by atoms with E-state index in [4.69, 9.17) is 4.74 Å². The van der Waals surface area contributed by atoms with Gasteiger partial charge in [-0.25, -0.2) is 4.68 Å². The first-order valence-corrected chi connectivity index (χ1v) is 5.63. The van der Waals surface area contributed by atoms with E-state index >= 15 is 0 Å². The molecule has 1 aromatic carbocycles. The van der Waals surface area contributed by atoms with Crippen LogP contribution in [0, 0.1) is 6.92 Å². The van der Waals surface area contributed by atoms with Gasteiger partial charge in [-0.05, 0) is 23.8 Å². The number of aryl methyl sites for hydroxylation is 2. The van der Waals surface area contributed by atoms with Crippen molar-refractivity contribution in [2.24, 2.45) is 0 Å². The Morgan fingerprint density at radius 1 is 1.24 bits per heavy atom. The van der Waals surface area contributed by atoms with Gasteiger partial charge in [-0.2, -0.15) is 0 Å². The van der Waals surface area contributed by atoms with E-state index in [2.05, 4.69) is 34.6 Å². The average molecular weight is 232 g/mol. The molecule has 2 aromatic rings. The first-order valence-electron chi connectivity index (χ1n) is 5.63. The highest BCUT2D eigenvalue weighted by atomic mass is 16.5. The third-order valence-electron chi connectivity index (χ3n) is 2.56. The summed E-state index contributed by atoms with van der Waals surface area (Å²) in [5.74, 6) is 0.807. The van der Waals surface area contributed by atoms with Gasteiger partial charge >= 0.3 is 0 Å². The molecule has 0 aliphatic carbocycles. The van der Waals surface area contributed by atoms with E-state index in [-0.39, 0.29) is 0 Å². The molecule has 0 aliphatic heterocycles. The minimum atomic E-state index is 0.715. The minimum Gasteiger partial charge on any atom is -0.385 e. The van der Waals surface area contributed by atoms with Crippen molar-refractivity contribution in [2.45, 2.75) is 19.9 Å². The number of ether oxygens (including phenoxy) is 1. The smallest absolute Gasteiger partial charge is 0.182 e. The average Bonchev–Trinajstić information content (AvgIpc) is 2.79. The quantitative estimate of drug-likeness (QED) is 0.736. The lowest BCUT2D eigenvalue weighted by molar-refractivity contribution is 0.189. The van der Waals surface area contributed by atoms with Gasteiger partial charge in [-0.3, -0.25) is 0 Å². The van der Waals surface area contributed by atoms with Crippen LogP contribution in [0.3, 0.4) is 0 Å². The van der Waals surface area contributed by atoms with Gasteiger partial charge in [0.05, 0.1) is 0 Å². The molecule has 0 aliphatic rings. The number of tetrazole rings is 1. The van der Waals surface area contributed by atoms with Crippen LogP contribution in [0.25, 0.3) is 11.4 Å². The van der Waals surface area contributed by atoms with Crippen LogP contribution in [0.5, 0.6) is 0 Å². The third kappa shape index (κ3) is 2.88. The molecule has 0 radical (unpaired) electrons. The van der Waals surface area contributed by atoms with Crippen molar-refractivity contribution in [3.05, 3.63) is 29.8 Å². The summed E-state index contributed by atoms with van der Waals surface area (Å²) in [5, 5.41) is 11.8. The molecule has 0 bridgehead atoms. The maximum absolute atomic E-state index is 5.02. The first-order chi connectivity index (χ1) is 8.31. The summed E-state index contributed by atoms with van der Waals surface area (Å²) in [4.78, 5) is 0. The summed E-state index contributed by atoms with van der Waals surface area (Å²) in [6.45, 7) is 3.54. The van der Waals surface area contributed by atoms with Crippen molar-refractivity contribution < 1.29 is 4.74 Å². The highest BCUT2D eigenvalue weighted by Gasteiger charge is 2.07. The van der Waals surface area contributed by atoms with E-state index in [0.717, 1.165) is 24.4 Å². The fourth-order valence-electron chi connectivity index (χ4n) is 1.62. The zero-order chi connectivity index (χ0) is 12.1. The molecule has 0 unspecified atom stereocenters. The Labute approximate surface area is 100 Å².